The average molecular weight is 409 g/mol. The molecular weight excluding hydrogens is 382 g/mol. The number of aromatic nitrogens is 2. The van der Waals surface area contributed by atoms with Gasteiger partial charge in [-0.15, -0.1) is 0 Å². The zero-order chi connectivity index (χ0) is 21.1. The number of piperidine rings is 1. The Morgan fingerprint density at radius 2 is 2.07 bits per heavy atom. The molecule has 158 valence electrons. The smallest absolute Gasteiger partial charge is 0.258 e. The number of amides is 2. The van der Waals surface area contributed by atoms with Crippen LogP contribution in [-0.4, -0.2) is 41.4 Å². The molecule has 2 atom stereocenters. The molecule has 3 heterocycles. The van der Waals surface area contributed by atoms with Crippen molar-refractivity contribution in [3.05, 3.63) is 51.8 Å². The van der Waals surface area contributed by atoms with Gasteiger partial charge in [0.1, 0.15) is 5.82 Å². The van der Waals surface area contributed by atoms with Crippen molar-refractivity contribution in [1.82, 2.24) is 15.3 Å². The predicted octanol–water partition coefficient (Wildman–Crippen LogP) is 1.79. The van der Waals surface area contributed by atoms with Gasteiger partial charge in [0, 0.05) is 26.1 Å². The summed E-state index contributed by atoms with van der Waals surface area (Å²) in [4.78, 5) is 47.3. The standard InChI is InChI=1S/C22H27N5O3/c1-14-6-5-11-27(13-14)22-25-19-18(21(30)26-22)16(12-17(28)24-19)20(29)23-10-9-15-7-3-2-4-8-15/h2-4,7-8,14,16H,5-6,9-13H2,1H3,(H,23,29)(H2,24,25,26,28,30)/t14-,16-/m1/s1. The lowest BCUT2D eigenvalue weighted by atomic mass is 9.92. The maximum absolute atomic E-state index is 12.9. The lowest BCUT2D eigenvalue weighted by Gasteiger charge is -2.32. The fourth-order valence-electron chi connectivity index (χ4n) is 4.21. The number of nitrogens with one attached hydrogen (secondary N) is 3. The highest BCUT2D eigenvalue weighted by molar-refractivity contribution is 6.00. The van der Waals surface area contributed by atoms with E-state index in [0.717, 1.165) is 31.5 Å². The van der Waals surface area contributed by atoms with Gasteiger partial charge in [-0.1, -0.05) is 37.3 Å². The lowest BCUT2D eigenvalue weighted by Crippen LogP contribution is -2.41. The summed E-state index contributed by atoms with van der Waals surface area (Å²) in [6, 6.07) is 9.83. The first-order valence-corrected chi connectivity index (χ1v) is 10.5. The minimum absolute atomic E-state index is 0.0605. The number of nitrogens with zero attached hydrogens (tertiary/aromatic N) is 2. The number of anilines is 2. The van der Waals surface area contributed by atoms with E-state index >= 15 is 0 Å². The van der Waals surface area contributed by atoms with E-state index < -0.39 is 5.92 Å². The molecule has 8 nitrogen and oxygen atoms in total. The van der Waals surface area contributed by atoms with Crippen LogP contribution in [0.2, 0.25) is 0 Å². The van der Waals surface area contributed by atoms with E-state index in [1.54, 1.807) is 0 Å². The Balaban J connectivity index is 1.51. The molecule has 1 fully saturated rings. The highest BCUT2D eigenvalue weighted by Crippen LogP contribution is 2.30. The second-order valence-corrected chi connectivity index (χ2v) is 8.18. The van der Waals surface area contributed by atoms with Gasteiger partial charge in [-0.25, -0.2) is 0 Å². The Hall–Kier alpha value is -3.16. The molecule has 1 aromatic carbocycles. The van der Waals surface area contributed by atoms with E-state index in [9.17, 15) is 14.4 Å². The molecular formula is C22H27N5O3. The van der Waals surface area contributed by atoms with Crippen molar-refractivity contribution >= 4 is 23.6 Å². The second-order valence-electron chi connectivity index (χ2n) is 8.18. The number of benzene rings is 1. The summed E-state index contributed by atoms with van der Waals surface area (Å²) >= 11 is 0. The van der Waals surface area contributed by atoms with E-state index in [2.05, 4.69) is 27.5 Å². The summed E-state index contributed by atoms with van der Waals surface area (Å²) in [5.74, 6) is -0.300. The van der Waals surface area contributed by atoms with Crippen molar-refractivity contribution < 1.29 is 9.59 Å². The largest absolute Gasteiger partial charge is 0.355 e. The fourth-order valence-corrected chi connectivity index (χ4v) is 4.21. The van der Waals surface area contributed by atoms with Gasteiger partial charge in [0.2, 0.25) is 17.8 Å². The first-order chi connectivity index (χ1) is 14.5. The normalized spacial score (nSPS) is 21.0. The molecule has 4 rings (SSSR count). The van der Waals surface area contributed by atoms with Gasteiger partial charge in [0.15, 0.2) is 0 Å². The maximum atomic E-state index is 12.9. The molecule has 0 saturated carbocycles. The molecule has 0 radical (unpaired) electrons. The van der Waals surface area contributed by atoms with Crippen LogP contribution in [0.1, 0.15) is 43.2 Å². The number of carbonyl (C=O) groups is 2. The molecule has 2 amide bonds. The number of hydrogen-bond donors (Lipinski definition) is 3. The monoisotopic (exact) mass is 409 g/mol. The average Bonchev–Trinajstić information content (AvgIpc) is 2.73. The molecule has 1 saturated heterocycles. The van der Waals surface area contributed by atoms with Gasteiger partial charge >= 0.3 is 0 Å². The number of hydrogen-bond acceptors (Lipinski definition) is 5. The Morgan fingerprint density at radius 1 is 1.27 bits per heavy atom. The number of carbonyl (C=O) groups excluding carboxylic acids is 2. The van der Waals surface area contributed by atoms with Gasteiger partial charge < -0.3 is 15.5 Å². The Morgan fingerprint density at radius 3 is 2.83 bits per heavy atom. The van der Waals surface area contributed by atoms with Crippen LogP contribution in [0.25, 0.3) is 0 Å². The lowest BCUT2D eigenvalue weighted by molar-refractivity contribution is -0.126. The molecule has 0 unspecified atom stereocenters. The third kappa shape index (κ3) is 4.37. The van der Waals surface area contributed by atoms with Crippen LogP contribution in [0.3, 0.4) is 0 Å². The van der Waals surface area contributed by atoms with Gasteiger partial charge in [-0.05, 0) is 30.7 Å². The van der Waals surface area contributed by atoms with Gasteiger partial charge in [-0.2, -0.15) is 4.98 Å². The minimum atomic E-state index is -0.838. The highest BCUT2D eigenvalue weighted by Gasteiger charge is 2.35. The molecule has 8 heteroatoms. The molecule has 1 aromatic heterocycles. The van der Waals surface area contributed by atoms with E-state index in [-0.39, 0.29) is 35.2 Å². The predicted molar refractivity (Wildman–Crippen MR) is 115 cm³/mol. The Labute approximate surface area is 175 Å². The molecule has 2 aliphatic heterocycles. The zero-order valence-electron chi connectivity index (χ0n) is 17.1. The van der Waals surface area contributed by atoms with Gasteiger partial charge in [0.25, 0.3) is 5.56 Å². The van der Waals surface area contributed by atoms with Crippen molar-refractivity contribution in [1.29, 1.82) is 0 Å². The Kier molecular flexibility index (Phi) is 5.83. The van der Waals surface area contributed by atoms with Crippen LogP contribution in [-0.2, 0) is 16.0 Å². The molecule has 0 aliphatic carbocycles. The molecule has 2 aromatic rings. The van der Waals surface area contributed by atoms with Crippen LogP contribution >= 0.6 is 0 Å². The van der Waals surface area contributed by atoms with Gasteiger partial charge in [-0.3, -0.25) is 19.4 Å². The number of fused-ring (bicyclic) bond motifs is 1. The minimum Gasteiger partial charge on any atom is -0.355 e. The van der Waals surface area contributed by atoms with E-state index in [1.165, 1.54) is 0 Å². The van der Waals surface area contributed by atoms with Crippen molar-refractivity contribution in [3.63, 3.8) is 0 Å². The van der Waals surface area contributed by atoms with Gasteiger partial charge in [0.05, 0.1) is 11.5 Å². The quantitative estimate of drug-likeness (QED) is 0.698. The molecule has 3 N–H and O–H groups in total. The summed E-state index contributed by atoms with van der Waals surface area (Å²) < 4.78 is 0. The Bertz CT molecular complexity index is 988. The molecule has 30 heavy (non-hydrogen) atoms. The van der Waals surface area contributed by atoms with E-state index in [4.69, 9.17) is 0 Å². The summed E-state index contributed by atoms with van der Waals surface area (Å²) in [5.41, 5.74) is 0.983. The first-order valence-electron chi connectivity index (χ1n) is 10.5. The fraction of sp³-hybridized carbons (Fsp3) is 0.455. The van der Waals surface area contributed by atoms with Crippen LogP contribution in [0.5, 0.6) is 0 Å². The summed E-state index contributed by atoms with van der Waals surface area (Å²) in [6.45, 7) is 4.22. The molecule has 0 bridgehead atoms. The van der Waals surface area contributed by atoms with Crippen molar-refractivity contribution in [2.24, 2.45) is 5.92 Å². The van der Waals surface area contributed by atoms with E-state index in [0.29, 0.717) is 24.8 Å². The first kappa shape index (κ1) is 20.1. The van der Waals surface area contributed by atoms with Crippen LogP contribution in [0.4, 0.5) is 11.8 Å². The topological polar surface area (TPSA) is 107 Å². The van der Waals surface area contributed by atoms with Crippen molar-refractivity contribution in [3.8, 4) is 0 Å². The SMILES string of the molecule is C[C@@H]1CCCN(c2nc3c(c(=O)[nH]2)[C@H](C(=O)NCCc2ccccc2)CC(=O)N3)C1. The zero-order valence-corrected chi connectivity index (χ0v) is 17.1. The summed E-state index contributed by atoms with van der Waals surface area (Å²) in [7, 11) is 0. The number of aromatic amines is 1. The van der Waals surface area contributed by atoms with Crippen LogP contribution in [0.15, 0.2) is 35.1 Å². The third-order valence-corrected chi connectivity index (χ3v) is 5.77. The highest BCUT2D eigenvalue weighted by atomic mass is 16.2. The molecule has 2 aliphatic rings. The van der Waals surface area contributed by atoms with Crippen molar-refractivity contribution in [2.45, 2.75) is 38.5 Å². The van der Waals surface area contributed by atoms with E-state index in [1.807, 2.05) is 35.2 Å². The summed E-state index contributed by atoms with van der Waals surface area (Å²) in [5, 5.41) is 5.54. The number of H-pyrrole nitrogens is 1. The number of rotatable bonds is 5. The van der Waals surface area contributed by atoms with Crippen LogP contribution in [0, 0.1) is 5.92 Å². The second kappa shape index (κ2) is 8.69. The molecule has 0 spiro atoms. The maximum Gasteiger partial charge on any atom is 0.258 e. The van der Waals surface area contributed by atoms with Crippen molar-refractivity contribution in [2.75, 3.05) is 29.9 Å². The van der Waals surface area contributed by atoms with Crippen LogP contribution < -0.4 is 21.1 Å². The summed E-state index contributed by atoms with van der Waals surface area (Å²) in [6.07, 6.45) is 2.79. The third-order valence-electron chi connectivity index (χ3n) is 5.77.